The number of nitrogens with zero attached hydrogens (tertiary/aromatic N) is 1. The van der Waals surface area contributed by atoms with Crippen molar-refractivity contribution in [2.24, 2.45) is 4.99 Å². The molecule has 0 fully saturated rings. The van der Waals surface area contributed by atoms with Crippen LogP contribution in [0.25, 0.3) is 0 Å². The Labute approximate surface area is 150 Å². The number of rotatable bonds is 11. The molecule has 6 heteroatoms. The van der Waals surface area contributed by atoms with Crippen LogP contribution in [-0.2, 0) is 9.47 Å². The first-order valence-electron chi connectivity index (χ1n) is 7.91. The molecule has 0 saturated heterocycles. The van der Waals surface area contributed by atoms with Crippen LogP contribution in [0.2, 0.25) is 0 Å². The van der Waals surface area contributed by atoms with E-state index in [1.54, 1.807) is 19.9 Å². The van der Waals surface area contributed by atoms with Crippen molar-refractivity contribution in [3.63, 3.8) is 0 Å². The van der Waals surface area contributed by atoms with Crippen molar-refractivity contribution in [2.45, 2.75) is 52.4 Å². The van der Waals surface area contributed by atoms with Crippen LogP contribution in [0, 0.1) is 10.8 Å². The first kappa shape index (κ1) is 22.1. The highest BCUT2D eigenvalue weighted by atomic mass is 35.5. The van der Waals surface area contributed by atoms with Crippen LogP contribution in [0.5, 0.6) is 0 Å². The standard InChI is InChI=1S/C18H28ClN3O2/c1-6-17(22-14(3)19)16(18(21)23-5)12-10-8-7-9-11-13(2)24-15(4)20/h6,20-21H,1-2,7-12H2,3-5H3/b17-16-,20-15?,21-18?,22-14+. The summed E-state index contributed by atoms with van der Waals surface area (Å²) >= 11 is 5.83. The van der Waals surface area contributed by atoms with Gasteiger partial charge in [0.25, 0.3) is 0 Å². The summed E-state index contributed by atoms with van der Waals surface area (Å²) in [5.74, 6) is 0.889. The van der Waals surface area contributed by atoms with Gasteiger partial charge in [-0.2, -0.15) is 0 Å². The third-order valence-electron chi connectivity index (χ3n) is 3.19. The lowest BCUT2D eigenvalue weighted by atomic mass is 10.0. The molecule has 24 heavy (non-hydrogen) atoms. The molecule has 0 radical (unpaired) electrons. The quantitative estimate of drug-likeness (QED) is 0.167. The summed E-state index contributed by atoms with van der Waals surface area (Å²) < 4.78 is 10.2. The summed E-state index contributed by atoms with van der Waals surface area (Å²) in [6.45, 7) is 10.8. The third kappa shape index (κ3) is 10.0. The summed E-state index contributed by atoms with van der Waals surface area (Å²) in [5.41, 5.74) is 1.29. The first-order valence-corrected chi connectivity index (χ1v) is 8.29. The fourth-order valence-electron chi connectivity index (χ4n) is 2.13. The normalized spacial score (nSPS) is 12.2. The van der Waals surface area contributed by atoms with Crippen LogP contribution >= 0.6 is 11.6 Å². The predicted octanol–water partition coefficient (Wildman–Crippen LogP) is 5.58. The minimum Gasteiger partial charge on any atom is -0.481 e. The highest BCUT2D eigenvalue weighted by molar-refractivity contribution is 6.64. The van der Waals surface area contributed by atoms with E-state index in [2.05, 4.69) is 18.2 Å². The lowest BCUT2D eigenvalue weighted by Gasteiger charge is -2.11. The molecule has 2 N–H and O–H groups in total. The minimum atomic E-state index is 0.0924. The fourth-order valence-corrected chi connectivity index (χ4v) is 2.22. The number of hydrogen-bond donors (Lipinski definition) is 2. The maximum Gasteiger partial charge on any atom is 0.210 e. The average Bonchev–Trinajstić information content (AvgIpc) is 2.50. The van der Waals surface area contributed by atoms with Crippen molar-refractivity contribution in [3.05, 3.63) is 36.3 Å². The van der Waals surface area contributed by atoms with Gasteiger partial charge in [-0.15, -0.1) is 0 Å². The van der Waals surface area contributed by atoms with Gasteiger partial charge in [0.2, 0.25) is 5.90 Å². The van der Waals surface area contributed by atoms with Crippen molar-refractivity contribution < 1.29 is 9.47 Å². The summed E-state index contributed by atoms with van der Waals surface area (Å²) in [5, 5.41) is 15.6. The molecule has 0 spiro atoms. The molecule has 0 amide bonds. The number of unbranched alkanes of at least 4 members (excludes halogenated alkanes) is 3. The van der Waals surface area contributed by atoms with E-state index in [9.17, 15) is 0 Å². The van der Waals surface area contributed by atoms with E-state index in [-0.39, 0.29) is 11.8 Å². The molecule has 0 aromatic rings. The van der Waals surface area contributed by atoms with Gasteiger partial charge in [0, 0.05) is 18.9 Å². The van der Waals surface area contributed by atoms with E-state index >= 15 is 0 Å². The second-order valence-corrected chi connectivity index (χ2v) is 5.87. The molecule has 0 aliphatic carbocycles. The molecule has 0 heterocycles. The largest absolute Gasteiger partial charge is 0.481 e. The molecule has 0 unspecified atom stereocenters. The summed E-state index contributed by atoms with van der Waals surface area (Å²) in [6, 6.07) is 0. The number of nitrogens with one attached hydrogen (secondary N) is 2. The smallest absolute Gasteiger partial charge is 0.210 e. The SMILES string of the molecule is C=CC(/N=C(\C)Cl)=C(\CCCCCCC(=C)OC(C)=N)C(=N)OC. The Kier molecular flexibility index (Phi) is 11.5. The van der Waals surface area contributed by atoms with Crippen LogP contribution < -0.4 is 0 Å². The van der Waals surface area contributed by atoms with Crippen LogP contribution in [0.15, 0.2) is 41.3 Å². The topological polar surface area (TPSA) is 78.5 Å². The second-order valence-electron chi connectivity index (χ2n) is 5.32. The van der Waals surface area contributed by atoms with Gasteiger partial charge >= 0.3 is 0 Å². The van der Waals surface area contributed by atoms with Crippen LogP contribution in [0.3, 0.4) is 0 Å². The van der Waals surface area contributed by atoms with E-state index in [0.29, 0.717) is 28.6 Å². The van der Waals surface area contributed by atoms with E-state index in [1.165, 1.54) is 7.11 Å². The molecule has 0 atom stereocenters. The zero-order valence-electron chi connectivity index (χ0n) is 14.9. The maximum absolute atomic E-state index is 7.92. The number of methoxy groups -OCH3 is 1. The molecule has 5 nitrogen and oxygen atoms in total. The molecule has 0 rings (SSSR count). The van der Waals surface area contributed by atoms with Gasteiger partial charge in [0.1, 0.15) is 5.17 Å². The van der Waals surface area contributed by atoms with Gasteiger partial charge < -0.3 is 9.47 Å². The highest BCUT2D eigenvalue weighted by Crippen LogP contribution is 2.19. The lowest BCUT2D eigenvalue weighted by molar-refractivity contribution is 0.381. The minimum absolute atomic E-state index is 0.0924. The third-order valence-corrected chi connectivity index (χ3v) is 3.27. The molecule has 0 aromatic heterocycles. The number of allylic oxidation sites excluding steroid dienone is 2. The van der Waals surface area contributed by atoms with Gasteiger partial charge in [-0.3, -0.25) is 10.8 Å². The van der Waals surface area contributed by atoms with Crippen LogP contribution in [0.1, 0.15) is 52.4 Å². The van der Waals surface area contributed by atoms with E-state index in [4.69, 9.17) is 31.9 Å². The van der Waals surface area contributed by atoms with Crippen molar-refractivity contribution in [3.8, 4) is 0 Å². The molecular formula is C18H28ClN3O2. The van der Waals surface area contributed by atoms with E-state index in [1.807, 2.05) is 0 Å². The summed E-state index contributed by atoms with van der Waals surface area (Å²) in [6.07, 6.45) is 6.92. The Morgan fingerprint density at radius 1 is 1.12 bits per heavy atom. The van der Waals surface area contributed by atoms with Crippen LogP contribution in [0.4, 0.5) is 0 Å². The number of aliphatic imine (C=N–C) groups is 1. The number of hydrogen-bond acceptors (Lipinski definition) is 5. The maximum atomic E-state index is 7.92. The summed E-state index contributed by atoms with van der Waals surface area (Å²) in [4.78, 5) is 4.21. The van der Waals surface area contributed by atoms with E-state index < -0.39 is 0 Å². The van der Waals surface area contributed by atoms with Gasteiger partial charge in [0.05, 0.1) is 18.6 Å². The highest BCUT2D eigenvalue weighted by Gasteiger charge is 2.11. The Hall–Kier alpha value is -1.88. The van der Waals surface area contributed by atoms with Gasteiger partial charge in [0.15, 0.2) is 5.90 Å². The van der Waals surface area contributed by atoms with Gasteiger partial charge in [-0.25, -0.2) is 4.99 Å². The van der Waals surface area contributed by atoms with Crippen molar-refractivity contribution in [1.29, 1.82) is 10.8 Å². The lowest BCUT2D eigenvalue weighted by Crippen LogP contribution is -2.07. The second kappa shape index (κ2) is 12.5. The predicted molar refractivity (Wildman–Crippen MR) is 102 cm³/mol. The molecule has 0 aliphatic heterocycles. The molecule has 134 valence electrons. The van der Waals surface area contributed by atoms with Crippen molar-refractivity contribution in [1.82, 2.24) is 0 Å². The molecule has 0 aromatic carbocycles. The Morgan fingerprint density at radius 2 is 1.71 bits per heavy atom. The zero-order chi connectivity index (χ0) is 18.5. The monoisotopic (exact) mass is 353 g/mol. The van der Waals surface area contributed by atoms with Gasteiger partial charge in [-0.05, 0) is 32.3 Å². The number of halogens is 1. The average molecular weight is 354 g/mol. The molecular weight excluding hydrogens is 326 g/mol. The number of ether oxygens (including phenoxy) is 2. The first-order chi connectivity index (χ1) is 11.3. The van der Waals surface area contributed by atoms with Crippen molar-refractivity contribution >= 4 is 28.6 Å². The Bertz CT molecular complexity index is 532. The fraction of sp³-hybridized carbons (Fsp3) is 0.500. The van der Waals surface area contributed by atoms with Crippen molar-refractivity contribution in [2.75, 3.05) is 7.11 Å². The van der Waals surface area contributed by atoms with Crippen LogP contribution in [-0.4, -0.2) is 24.1 Å². The Morgan fingerprint density at radius 3 is 2.17 bits per heavy atom. The van der Waals surface area contributed by atoms with Gasteiger partial charge in [-0.1, -0.05) is 37.6 Å². The molecule has 0 saturated carbocycles. The summed E-state index contributed by atoms with van der Waals surface area (Å²) in [7, 11) is 1.47. The van der Waals surface area contributed by atoms with E-state index in [0.717, 1.165) is 32.1 Å². The molecule has 0 bridgehead atoms. The zero-order valence-corrected chi connectivity index (χ0v) is 15.6. The Balaban J connectivity index is 4.45. The molecule has 0 aliphatic rings.